The van der Waals surface area contributed by atoms with Crippen molar-refractivity contribution < 1.29 is 9.47 Å². The Kier molecular flexibility index (Phi) is 9.84. The maximum Gasteiger partial charge on any atom is 0.142 e. The van der Waals surface area contributed by atoms with Gasteiger partial charge < -0.3 is 9.47 Å². The van der Waals surface area contributed by atoms with Crippen molar-refractivity contribution in [2.75, 3.05) is 26.2 Å². The Balaban J connectivity index is 2.24. The third-order valence-corrected chi connectivity index (χ3v) is 11.7. The molecule has 0 fully saturated rings. The standard InChI is InChI=1S/C26H31Cl2N2O2PS/c1-5-29(6-2)33(34,30(7-3)8-4)26-24(31-22-16-12-20(27)13-17-22)10-9-11-25(26)32-23-18-14-21(28)15-19-23/h9-19H,5-8H2,1-4H3. The minimum atomic E-state index is -2.46. The van der Waals surface area contributed by atoms with Crippen LogP contribution in [-0.2, 0) is 11.8 Å². The highest BCUT2D eigenvalue weighted by Gasteiger charge is 2.37. The Morgan fingerprint density at radius 3 is 1.32 bits per heavy atom. The first-order valence-corrected chi connectivity index (χ1v) is 14.9. The van der Waals surface area contributed by atoms with Gasteiger partial charge in [-0.15, -0.1) is 0 Å². The van der Waals surface area contributed by atoms with Gasteiger partial charge in [-0.05, 0) is 60.7 Å². The van der Waals surface area contributed by atoms with Crippen LogP contribution in [-0.4, -0.2) is 35.5 Å². The van der Waals surface area contributed by atoms with Crippen LogP contribution in [0, 0.1) is 0 Å². The molecule has 0 spiro atoms. The molecule has 0 heterocycles. The number of nitrogens with zero attached hydrogens (tertiary/aromatic N) is 2. The highest BCUT2D eigenvalue weighted by molar-refractivity contribution is 8.16. The average molecular weight is 537 g/mol. The number of halogens is 2. The lowest BCUT2D eigenvalue weighted by Gasteiger charge is -2.42. The van der Waals surface area contributed by atoms with Crippen molar-refractivity contribution in [3.63, 3.8) is 0 Å². The Bertz CT molecular complexity index is 1040. The maximum atomic E-state index is 6.62. The Hall–Kier alpha value is -1.59. The summed E-state index contributed by atoms with van der Waals surface area (Å²) in [5.41, 5.74) is 0. The van der Waals surface area contributed by atoms with Crippen molar-refractivity contribution in [3.05, 3.63) is 76.8 Å². The van der Waals surface area contributed by atoms with Gasteiger partial charge in [-0.25, -0.2) is 0 Å². The van der Waals surface area contributed by atoms with Gasteiger partial charge in [0.15, 0.2) is 0 Å². The molecule has 0 aromatic heterocycles. The zero-order valence-electron chi connectivity index (χ0n) is 20.0. The SMILES string of the molecule is CCN(CC)P(=S)(c1c(Oc2ccc(Cl)cc2)cccc1Oc1ccc(Cl)cc1)N(CC)CC. The predicted octanol–water partition coefficient (Wildman–Crippen LogP) is 8.20. The van der Waals surface area contributed by atoms with Gasteiger partial charge in [0.05, 0.1) is 5.30 Å². The summed E-state index contributed by atoms with van der Waals surface area (Å²) in [4.78, 5) is 0. The van der Waals surface area contributed by atoms with Gasteiger partial charge >= 0.3 is 0 Å². The van der Waals surface area contributed by atoms with Gasteiger partial charge in [0.1, 0.15) is 29.3 Å². The number of rotatable bonds is 11. The second-order valence-corrected chi connectivity index (χ2v) is 12.6. The summed E-state index contributed by atoms with van der Waals surface area (Å²) in [5, 5.41) is 2.22. The normalized spacial score (nSPS) is 11.8. The molecule has 0 aliphatic carbocycles. The molecule has 0 N–H and O–H groups in total. The number of benzene rings is 3. The summed E-state index contributed by atoms with van der Waals surface area (Å²) in [6, 6.07) is 20.6. The fourth-order valence-electron chi connectivity index (χ4n) is 3.89. The fraction of sp³-hybridized carbons (Fsp3) is 0.308. The molecule has 0 saturated heterocycles. The van der Waals surface area contributed by atoms with E-state index in [0.717, 1.165) is 31.5 Å². The largest absolute Gasteiger partial charge is 0.456 e. The van der Waals surface area contributed by atoms with Crippen molar-refractivity contribution in [3.8, 4) is 23.0 Å². The summed E-state index contributed by atoms with van der Waals surface area (Å²) >= 11 is 18.8. The van der Waals surface area contributed by atoms with E-state index >= 15 is 0 Å². The topological polar surface area (TPSA) is 24.9 Å². The second-order valence-electron chi connectivity index (χ2n) is 7.54. The van der Waals surface area contributed by atoms with E-state index in [4.69, 9.17) is 44.5 Å². The number of ether oxygens (including phenoxy) is 2. The predicted molar refractivity (Wildman–Crippen MR) is 149 cm³/mol. The molecule has 4 nitrogen and oxygen atoms in total. The smallest absolute Gasteiger partial charge is 0.142 e. The van der Waals surface area contributed by atoms with Crippen molar-refractivity contribution >= 4 is 46.7 Å². The zero-order valence-corrected chi connectivity index (χ0v) is 23.2. The number of hydrogen-bond acceptors (Lipinski definition) is 3. The second kappa shape index (κ2) is 12.4. The van der Waals surface area contributed by atoms with Crippen molar-refractivity contribution in [2.24, 2.45) is 0 Å². The highest BCUT2D eigenvalue weighted by Crippen LogP contribution is 2.56. The average Bonchev–Trinajstić information content (AvgIpc) is 2.83. The van der Waals surface area contributed by atoms with Gasteiger partial charge in [0, 0.05) is 36.2 Å². The molecule has 0 atom stereocenters. The monoisotopic (exact) mass is 536 g/mol. The van der Waals surface area contributed by atoms with Crippen LogP contribution in [0.15, 0.2) is 66.7 Å². The molecule has 0 unspecified atom stereocenters. The summed E-state index contributed by atoms with van der Waals surface area (Å²) in [6.45, 7) is 11.9. The molecule has 0 bridgehead atoms. The zero-order chi connectivity index (χ0) is 24.7. The molecule has 0 aliphatic rings. The molecule has 34 heavy (non-hydrogen) atoms. The van der Waals surface area contributed by atoms with Gasteiger partial charge in [-0.3, -0.25) is 9.34 Å². The Morgan fingerprint density at radius 2 is 1.00 bits per heavy atom. The Labute approximate surface area is 218 Å². The lowest BCUT2D eigenvalue weighted by atomic mass is 10.3. The van der Waals surface area contributed by atoms with Crippen LogP contribution < -0.4 is 14.8 Å². The molecule has 182 valence electrons. The first-order chi connectivity index (χ1) is 16.4. The van der Waals surface area contributed by atoms with Crippen LogP contribution in [0.3, 0.4) is 0 Å². The van der Waals surface area contributed by atoms with E-state index in [1.54, 1.807) is 0 Å². The van der Waals surface area contributed by atoms with Gasteiger partial charge in [-0.1, -0.05) is 68.8 Å². The summed E-state index contributed by atoms with van der Waals surface area (Å²) in [5.74, 6) is 2.76. The van der Waals surface area contributed by atoms with Crippen molar-refractivity contribution in [1.82, 2.24) is 9.34 Å². The first kappa shape index (κ1) is 27.0. The lowest BCUT2D eigenvalue weighted by molar-refractivity contribution is 0.422. The summed E-state index contributed by atoms with van der Waals surface area (Å²) < 4.78 is 17.6. The summed E-state index contributed by atoms with van der Waals surface area (Å²) in [7, 11) is 0. The van der Waals surface area contributed by atoms with E-state index in [0.29, 0.717) is 33.0 Å². The minimum absolute atomic E-state index is 0.656. The lowest BCUT2D eigenvalue weighted by Crippen LogP contribution is -2.37. The minimum Gasteiger partial charge on any atom is -0.456 e. The highest BCUT2D eigenvalue weighted by atomic mass is 35.5. The molecular weight excluding hydrogens is 506 g/mol. The van der Waals surface area contributed by atoms with Crippen LogP contribution in [0.25, 0.3) is 0 Å². The van der Waals surface area contributed by atoms with Crippen LogP contribution in [0.5, 0.6) is 23.0 Å². The van der Waals surface area contributed by atoms with Crippen LogP contribution in [0.1, 0.15) is 27.7 Å². The molecular formula is C26H31Cl2N2O2PS. The fourth-order valence-corrected chi connectivity index (χ4v) is 9.34. The molecule has 3 aromatic rings. The first-order valence-electron chi connectivity index (χ1n) is 11.5. The maximum absolute atomic E-state index is 6.62. The number of hydrogen-bond donors (Lipinski definition) is 0. The molecule has 0 aliphatic heterocycles. The molecule has 3 aromatic carbocycles. The third kappa shape index (κ3) is 5.96. The van der Waals surface area contributed by atoms with E-state index in [1.165, 1.54) is 0 Å². The molecule has 8 heteroatoms. The van der Waals surface area contributed by atoms with Crippen molar-refractivity contribution in [2.45, 2.75) is 27.7 Å². The van der Waals surface area contributed by atoms with E-state index in [1.807, 2.05) is 66.7 Å². The molecule has 0 amide bonds. The van der Waals surface area contributed by atoms with E-state index < -0.39 is 6.34 Å². The van der Waals surface area contributed by atoms with E-state index in [-0.39, 0.29) is 0 Å². The van der Waals surface area contributed by atoms with E-state index in [2.05, 4.69) is 37.0 Å². The van der Waals surface area contributed by atoms with E-state index in [9.17, 15) is 0 Å². The summed E-state index contributed by atoms with van der Waals surface area (Å²) in [6.07, 6.45) is -2.46. The third-order valence-electron chi connectivity index (χ3n) is 5.56. The van der Waals surface area contributed by atoms with Crippen LogP contribution >= 0.6 is 29.5 Å². The van der Waals surface area contributed by atoms with Gasteiger partial charge in [-0.2, -0.15) is 0 Å². The molecule has 0 saturated carbocycles. The van der Waals surface area contributed by atoms with Crippen LogP contribution in [0.4, 0.5) is 0 Å². The quantitative estimate of drug-likeness (QED) is 0.230. The van der Waals surface area contributed by atoms with Crippen molar-refractivity contribution in [1.29, 1.82) is 0 Å². The van der Waals surface area contributed by atoms with Crippen LogP contribution in [0.2, 0.25) is 10.0 Å². The van der Waals surface area contributed by atoms with Gasteiger partial charge in [0.2, 0.25) is 0 Å². The van der Waals surface area contributed by atoms with Gasteiger partial charge in [0.25, 0.3) is 0 Å². The molecule has 0 radical (unpaired) electrons. The molecule has 3 rings (SSSR count). The Morgan fingerprint density at radius 1 is 0.647 bits per heavy atom.